The Balaban J connectivity index is 1.41. The summed E-state index contributed by atoms with van der Waals surface area (Å²) in [6.45, 7) is 0.637. The molecule has 3 heterocycles. The molecule has 1 aromatic carbocycles. The van der Waals surface area contributed by atoms with Crippen molar-refractivity contribution < 1.29 is 13.7 Å². The third-order valence-corrected chi connectivity index (χ3v) is 5.48. The molecule has 29 heavy (non-hydrogen) atoms. The van der Waals surface area contributed by atoms with Gasteiger partial charge >= 0.3 is 6.03 Å². The zero-order chi connectivity index (χ0) is 19.8. The fourth-order valence-corrected chi connectivity index (χ4v) is 3.79. The van der Waals surface area contributed by atoms with Crippen LogP contribution in [0.1, 0.15) is 55.6 Å². The van der Waals surface area contributed by atoms with E-state index in [1.165, 1.54) is 18.2 Å². The van der Waals surface area contributed by atoms with E-state index in [1.54, 1.807) is 11.1 Å². The standard InChI is InChI=1S/C20H21FN6O2/c21-13-6-7-15(14(11-13)19-24-18(26-29-19)12-4-5-12)23-20(28)27-10-2-1-3-17(27)16-8-9-22-25-16/h6-9,11-12,17H,1-5,10H2,(H,22,25)(H,23,28). The molecule has 1 aliphatic carbocycles. The Bertz CT molecular complexity index is 1010. The van der Waals surface area contributed by atoms with Gasteiger partial charge in [0, 0.05) is 18.7 Å². The topological polar surface area (TPSA) is 99.9 Å². The number of carbonyl (C=O) groups excluding carboxylic acids is 1. The Hall–Kier alpha value is -3.23. The molecule has 150 valence electrons. The normalized spacial score (nSPS) is 19.3. The van der Waals surface area contributed by atoms with E-state index in [0.29, 0.717) is 29.5 Å². The summed E-state index contributed by atoms with van der Waals surface area (Å²) in [5, 5.41) is 13.9. The molecule has 0 spiro atoms. The van der Waals surface area contributed by atoms with Crippen LogP contribution in [-0.2, 0) is 0 Å². The number of rotatable bonds is 4. The van der Waals surface area contributed by atoms with Gasteiger partial charge in [0.05, 0.1) is 23.0 Å². The monoisotopic (exact) mass is 396 g/mol. The summed E-state index contributed by atoms with van der Waals surface area (Å²) >= 11 is 0. The number of anilines is 1. The maximum absolute atomic E-state index is 13.9. The average molecular weight is 396 g/mol. The number of piperidine rings is 1. The molecule has 0 radical (unpaired) electrons. The zero-order valence-electron chi connectivity index (χ0n) is 15.8. The van der Waals surface area contributed by atoms with Crippen LogP contribution >= 0.6 is 0 Å². The van der Waals surface area contributed by atoms with E-state index in [4.69, 9.17) is 4.52 Å². The Morgan fingerprint density at radius 3 is 2.93 bits per heavy atom. The molecule has 5 rings (SSSR count). The Morgan fingerprint density at radius 1 is 1.24 bits per heavy atom. The van der Waals surface area contributed by atoms with Gasteiger partial charge < -0.3 is 14.7 Å². The average Bonchev–Trinajstić information content (AvgIpc) is 3.24. The minimum absolute atomic E-state index is 0.0694. The summed E-state index contributed by atoms with van der Waals surface area (Å²) in [6.07, 6.45) is 6.60. The molecule has 1 atom stereocenters. The van der Waals surface area contributed by atoms with Gasteiger partial charge in [-0.25, -0.2) is 9.18 Å². The molecule has 3 aromatic rings. The molecule has 1 unspecified atom stereocenters. The number of urea groups is 1. The third kappa shape index (κ3) is 3.59. The molecule has 2 fully saturated rings. The number of carbonyl (C=O) groups is 1. The van der Waals surface area contributed by atoms with E-state index in [-0.39, 0.29) is 18.0 Å². The molecular formula is C20H21FN6O2. The SMILES string of the molecule is O=C(Nc1ccc(F)cc1-c1nc(C2CC2)no1)N1CCCCC1c1ccn[nH]1. The van der Waals surface area contributed by atoms with E-state index in [0.717, 1.165) is 37.8 Å². The first-order valence-corrected chi connectivity index (χ1v) is 9.89. The smallest absolute Gasteiger partial charge is 0.322 e. The maximum atomic E-state index is 13.9. The molecule has 1 saturated heterocycles. The van der Waals surface area contributed by atoms with E-state index >= 15 is 0 Å². The van der Waals surface area contributed by atoms with E-state index < -0.39 is 5.82 Å². The molecule has 0 bridgehead atoms. The van der Waals surface area contributed by atoms with Gasteiger partial charge in [-0.05, 0) is 56.4 Å². The van der Waals surface area contributed by atoms with Gasteiger partial charge in [0.15, 0.2) is 5.82 Å². The second-order valence-electron chi connectivity index (χ2n) is 7.57. The molecule has 8 nitrogen and oxygen atoms in total. The number of aromatic nitrogens is 4. The van der Waals surface area contributed by atoms with Crippen LogP contribution in [0, 0.1) is 5.82 Å². The summed E-state index contributed by atoms with van der Waals surface area (Å²) in [5.74, 6) is 0.738. The number of likely N-dealkylation sites (tertiary alicyclic amines) is 1. The lowest BCUT2D eigenvalue weighted by molar-refractivity contribution is 0.161. The fraction of sp³-hybridized carbons (Fsp3) is 0.400. The lowest BCUT2D eigenvalue weighted by Crippen LogP contribution is -2.41. The summed E-state index contributed by atoms with van der Waals surface area (Å²) < 4.78 is 19.3. The number of hydrogen-bond acceptors (Lipinski definition) is 5. The maximum Gasteiger partial charge on any atom is 0.322 e. The van der Waals surface area contributed by atoms with Gasteiger partial charge in [0.2, 0.25) is 0 Å². The highest BCUT2D eigenvalue weighted by molar-refractivity contribution is 5.93. The molecule has 9 heteroatoms. The van der Waals surface area contributed by atoms with Crippen molar-refractivity contribution in [3.63, 3.8) is 0 Å². The molecule has 2 aliphatic rings. The number of amides is 2. The van der Waals surface area contributed by atoms with Crippen molar-refractivity contribution in [1.82, 2.24) is 25.2 Å². The first kappa shape index (κ1) is 17.8. The van der Waals surface area contributed by atoms with Crippen molar-refractivity contribution in [3.05, 3.63) is 47.8 Å². The highest BCUT2D eigenvalue weighted by Gasteiger charge is 2.31. The molecule has 1 saturated carbocycles. The van der Waals surface area contributed by atoms with Gasteiger partial charge in [0.1, 0.15) is 5.82 Å². The Kier molecular flexibility index (Phi) is 4.49. The first-order chi connectivity index (χ1) is 14.2. The molecular weight excluding hydrogens is 375 g/mol. The highest BCUT2D eigenvalue weighted by atomic mass is 19.1. The second kappa shape index (κ2) is 7.31. The predicted octanol–water partition coefficient (Wildman–Crippen LogP) is 4.24. The Labute approximate surface area is 166 Å². The van der Waals surface area contributed by atoms with Crippen LogP contribution in [0.5, 0.6) is 0 Å². The lowest BCUT2D eigenvalue weighted by Gasteiger charge is -2.35. The van der Waals surface area contributed by atoms with Gasteiger partial charge in [-0.2, -0.15) is 10.1 Å². The number of aromatic amines is 1. The van der Waals surface area contributed by atoms with Crippen molar-refractivity contribution in [2.75, 3.05) is 11.9 Å². The number of nitrogens with zero attached hydrogens (tertiary/aromatic N) is 4. The first-order valence-electron chi connectivity index (χ1n) is 9.89. The lowest BCUT2D eigenvalue weighted by atomic mass is 10.00. The van der Waals surface area contributed by atoms with Crippen LogP contribution in [0.15, 0.2) is 35.0 Å². The van der Waals surface area contributed by atoms with Gasteiger partial charge in [-0.15, -0.1) is 0 Å². The summed E-state index contributed by atoms with van der Waals surface area (Å²) in [7, 11) is 0. The molecule has 2 aromatic heterocycles. The molecule has 2 amide bonds. The number of hydrogen-bond donors (Lipinski definition) is 2. The van der Waals surface area contributed by atoms with Crippen LogP contribution in [0.25, 0.3) is 11.5 Å². The van der Waals surface area contributed by atoms with E-state index in [9.17, 15) is 9.18 Å². The van der Waals surface area contributed by atoms with E-state index in [1.807, 2.05) is 6.07 Å². The second-order valence-corrected chi connectivity index (χ2v) is 7.57. The number of H-pyrrole nitrogens is 1. The number of halogens is 1. The molecule has 2 N–H and O–H groups in total. The van der Waals surface area contributed by atoms with Crippen molar-refractivity contribution in [2.45, 2.75) is 44.1 Å². The van der Waals surface area contributed by atoms with E-state index in [2.05, 4.69) is 25.7 Å². The van der Waals surface area contributed by atoms with Crippen molar-refractivity contribution in [1.29, 1.82) is 0 Å². The van der Waals surface area contributed by atoms with Crippen LogP contribution in [0.3, 0.4) is 0 Å². The minimum Gasteiger partial charge on any atom is -0.334 e. The van der Waals surface area contributed by atoms with Crippen molar-refractivity contribution >= 4 is 11.7 Å². The summed E-state index contributed by atoms with van der Waals surface area (Å²) in [4.78, 5) is 19.3. The summed E-state index contributed by atoms with van der Waals surface area (Å²) in [6, 6.07) is 5.71. The minimum atomic E-state index is -0.433. The number of nitrogens with one attached hydrogen (secondary N) is 2. The molecule has 1 aliphatic heterocycles. The zero-order valence-corrected chi connectivity index (χ0v) is 15.8. The van der Waals surface area contributed by atoms with Crippen LogP contribution in [0.2, 0.25) is 0 Å². The largest absolute Gasteiger partial charge is 0.334 e. The van der Waals surface area contributed by atoms with Crippen LogP contribution < -0.4 is 5.32 Å². The van der Waals surface area contributed by atoms with Crippen molar-refractivity contribution in [3.8, 4) is 11.5 Å². The van der Waals surface area contributed by atoms with Gasteiger partial charge in [-0.3, -0.25) is 5.10 Å². The number of benzene rings is 1. The van der Waals surface area contributed by atoms with Crippen LogP contribution in [0.4, 0.5) is 14.9 Å². The quantitative estimate of drug-likeness (QED) is 0.687. The predicted molar refractivity (Wildman–Crippen MR) is 103 cm³/mol. The Morgan fingerprint density at radius 2 is 2.14 bits per heavy atom. The third-order valence-electron chi connectivity index (χ3n) is 5.48. The highest BCUT2D eigenvalue weighted by Crippen LogP contribution is 2.39. The van der Waals surface area contributed by atoms with Gasteiger partial charge in [0.25, 0.3) is 5.89 Å². The fourth-order valence-electron chi connectivity index (χ4n) is 3.79. The van der Waals surface area contributed by atoms with Crippen molar-refractivity contribution in [2.24, 2.45) is 0 Å². The summed E-state index contributed by atoms with van der Waals surface area (Å²) in [5.41, 5.74) is 1.73. The van der Waals surface area contributed by atoms with Gasteiger partial charge in [-0.1, -0.05) is 5.16 Å². The van der Waals surface area contributed by atoms with Crippen LogP contribution in [-0.4, -0.2) is 37.8 Å².